The highest BCUT2D eigenvalue weighted by Crippen LogP contribution is 2.12. The van der Waals surface area contributed by atoms with Crippen LogP contribution in [0.5, 0.6) is 0 Å². The first-order valence-electron chi connectivity index (χ1n) is 9.10. The van der Waals surface area contributed by atoms with Gasteiger partial charge in [-0.3, -0.25) is 9.36 Å². The number of nitrogens with zero attached hydrogens (tertiary/aromatic N) is 4. The van der Waals surface area contributed by atoms with Crippen LogP contribution in [0.2, 0.25) is 0 Å². The van der Waals surface area contributed by atoms with Crippen LogP contribution in [0.3, 0.4) is 0 Å². The zero-order valence-electron chi connectivity index (χ0n) is 14.3. The van der Waals surface area contributed by atoms with Gasteiger partial charge in [0.25, 0.3) is 0 Å². The summed E-state index contributed by atoms with van der Waals surface area (Å²) in [5, 5.41) is 8.64. The molecule has 134 valence electrons. The van der Waals surface area contributed by atoms with Gasteiger partial charge in [-0.1, -0.05) is 51.4 Å². The van der Waals surface area contributed by atoms with E-state index in [-0.39, 0.29) is 0 Å². The van der Waals surface area contributed by atoms with Gasteiger partial charge in [-0.2, -0.15) is 10.2 Å². The van der Waals surface area contributed by atoms with E-state index < -0.39 is 0 Å². The van der Waals surface area contributed by atoms with Gasteiger partial charge in [0.15, 0.2) is 0 Å². The first-order valence-corrected chi connectivity index (χ1v) is 11.3. The fraction of sp³-hybridized carbons (Fsp3) is 0.667. The second-order valence-electron chi connectivity index (χ2n) is 6.38. The molecule has 6 heteroatoms. The van der Waals surface area contributed by atoms with Crippen LogP contribution in [0.4, 0.5) is 0 Å². The van der Waals surface area contributed by atoms with E-state index in [0.29, 0.717) is 0 Å². The molecule has 0 aliphatic heterocycles. The van der Waals surface area contributed by atoms with Gasteiger partial charge in [-0.25, -0.2) is 0 Å². The average molecular weight is 554 g/mol. The molecular formula is C18H28I2N4. The lowest BCUT2D eigenvalue weighted by molar-refractivity contribution is 0.503. The van der Waals surface area contributed by atoms with Crippen molar-refractivity contribution in [2.75, 3.05) is 0 Å². The Balaban J connectivity index is 1.32. The first kappa shape index (κ1) is 20.2. The molecule has 0 unspecified atom stereocenters. The highest BCUT2D eigenvalue weighted by Gasteiger charge is 1.97. The summed E-state index contributed by atoms with van der Waals surface area (Å²) in [5.74, 6) is 0. The molecule has 0 aliphatic carbocycles. The summed E-state index contributed by atoms with van der Waals surface area (Å²) in [6, 6.07) is 0. The number of rotatable bonds is 13. The van der Waals surface area contributed by atoms with Crippen molar-refractivity contribution in [1.29, 1.82) is 0 Å². The summed E-state index contributed by atoms with van der Waals surface area (Å²) in [6.45, 7) is 2.14. The monoisotopic (exact) mass is 554 g/mol. The Morgan fingerprint density at radius 3 is 1.21 bits per heavy atom. The van der Waals surface area contributed by atoms with Crippen LogP contribution in [0.1, 0.15) is 64.2 Å². The summed E-state index contributed by atoms with van der Waals surface area (Å²) >= 11 is 4.62. The van der Waals surface area contributed by atoms with Gasteiger partial charge in [-0.05, 0) is 58.0 Å². The number of aromatic nitrogens is 4. The summed E-state index contributed by atoms with van der Waals surface area (Å²) in [6.07, 6.45) is 21.6. The fourth-order valence-corrected chi connectivity index (χ4v) is 3.78. The number of halogens is 2. The van der Waals surface area contributed by atoms with Crippen molar-refractivity contribution < 1.29 is 0 Å². The molecule has 2 heterocycles. The van der Waals surface area contributed by atoms with Gasteiger partial charge in [-0.15, -0.1) is 0 Å². The maximum absolute atomic E-state index is 4.32. The smallest absolute Gasteiger partial charge is 0.0623 e. The molecule has 0 aromatic carbocycles. The van der Waals surface area contributed by atoms with Crippen LogP contribution < -0.4 is 0 Å². The Morgan fingerprint density at radius 2 is 0.917 bits per heavy atom. The molecule has 2 aromatic rings. The molecule has 0 N–H and O–H groups in total. The molecule has 0 aliphatic rings. The second kappa shape index (κ2) is 12.3. The van der Waals surface area contributed by atoms with Crippen molar-refractivity contribution in [2.24, 2.45) is 0 Å². The zero-order valence-corrected chi connectivity index (χ0v) is 18.7. The van der Waals surface area contributed by atoms with Crippen molar-refractivity contribution in [3.05, 3.63) is 31.9 Å². The van der Waals surface area contributed by atoms with Gasteiger partial charge in [0.2, 0.25) is 0 Å². The minimum absolute atomic E-state index is 1.07. The third-order valence-electron chi connectivity index (χ3n) is 4.23. The summed E-state index contributed by atoms with van der Waals surface area (Å²) in [5.41, 5.74) is 0. The minimum Gasteiger partial charge on any atom is -0.272 e. The molecule has 2 aromatic heterocycles. The SMILES string of the molecule is Ic1cnn(CCCCCCCCCCCCn2cc(I)cn2)c1. The van der Waals surface area contributed by atoms with Crippen molar-refractivity contribution in [2.45, 2.75) is 77.3 Å². The van der Waals surface area contributed by atoms with Gasteiger partial charge in [0.1, 0.15) is 0 Å². The third-order valence-corrected chi connectivity index (χ3v) is 5.34. The van der Waals surface area contributed by atoms with Crippen molar-refractivity contribution >= 4 is 45.2 Å². The van der Waals surface area contributed by atoms with Crippen LogP contribution in [0.25, 0.3) is 0 Å². The lowest BCUT2D eigenvalue weighted by Gasteiger charge is -2.04. The molecular weight excluding hydrogens is 526 g/mol. The number of hydrogen-bond acceptors (Lipinski definition) is 2. The van der Waals surface area contributed by atoms with Crippen molar-refractivity contribution in [3.8, 4) is 0 Å². The lowest BCUT2D eigenvalue weighted by atomic mass is 10.1. The molecule has 4 nitrogen and oxygen atoms in total. The van der Waals surface area contributed by atoms with E-state index in [1.165, 1.54) is 71.3 Å². The molecule has 0 saturated heterocycles. The molecule has 2 rings (SSSR count). The molecule has 0 fully saturated rings. The molecule has 0 atom stereocenters. The summed E-state index contributed by atoms with van der Waals surface area (Å²) < 4.78 is 6.58. The largest absolute Gasteiger partial charge is 0.272 e. The fourth-order valence-electron chi connectivity index (χ4n) is 2.88. The number of unbranched alkanes of at least 4 members (excludes halogenated alkanes) is 9. The van der Waals surface area contributed by atoms with E-state index in [1.807, 2.05) is 12.4 Å². The lowest BCUT2D eigenvalue weighted by Crippen LogP contribution is -1.98. The molecule has 0 bridgehead atoms. The predicted molar refractivity (Wildman–Crippen MR) is 116 cm³/mol. The molecule has 0 spiro atoms. The summed E-state index contributed by atoms with van der Waals surface area (Å²) in [4.78, 5) is 0. The topological polar surface area (TPSA) is 35.6 Å². The van der Waals surface area contributed by atoms with Gasteiger partial charge in [0, 0.05) is 25.5 Å². The van der Waals surface area contributed by atoms with Crippen molar-refractivity contribution in [3.63, 3.8) is 0 Å². The van der Waals surface area contributed by atoms with Gasteiger partial charge in [0.05, 0.1) is 19.5 Å². The van der Waals surface area contributed by atoms with E-state index in [9.17, 15) is 0 Å². The molecule has 0 saturated carbocycles. The standard InChI is InChI=1S/C18H28I2N4/c19-17-13-21-23(15-17)11-9-7-5-3-1-2-4-6-8-10-12-24-16-18(20)14-22-24/h13-16H,1-12H2. The average Bonchev–Trinajstić information content (AvgIpc) is 3.17. The van der Waals surface area contributed by atoms with E-state index in [1.54, 1.807) is 0 Å². The van der Waals surface area contributed by atoms with E-state index >= 15 is 0 Å². The Morgan fingerprint density at radius 1 is 0.583 bits per heavy atom. The van der Waals surface area contributed by atoms with Crippen LogP contribution >= 0.6 is 45.2 Å². The Labute approximate surface area is 173 Å². The quantitative estimate of drug-likeness (QED) is 0.229. The normalized spacial score (nSPS) is 11.2. The number of aryl methyl sites for hydroxylation is 2. The predicted octanol–water partition coefficient (Wildman–Crippen LogP) is 5.89. The highest BCUT2D eigenvalue weighted by atomic mass is 127. The molecule has 24 heavy (non-hydrogen) atoms. The molecule has 0 amide bonds. The zero-order chi connectivity index (χ0) is 17.0. The molecule has 0 radical (unpaired) electrons. The Hall–Kier alpha value is -0.120. The van der Waals surface area contributed by atoms with Crippen LogP contribution in [0.15, 0.2) is 24.8 Å². The maximum atomic E-state index is 4.32. The maximum Gasteiger partial charge on any atom is 0.0623 e. The van der Waals surface area contributed by atoms with Crippen LogP contribution in [0, 0.1) is 7.14 Å². The third kappa shape index (κ3) is 8.82. The Kier molecular flexibility index (Phi) is 10.3. The highest BCUT2D eigenvalue weighted by molar-refractivity contribution is 14.1. The summed E-state index contributed by atoms with van der Waals surface area (Å²) in [7, 11) is 0. The van der Waals surface area contributed by atoms with Crippen LogP contribution in [-0.2, 0) is 13.1 Å². The van der Waals surface area contributed by atoms with Gasteiger partial charge < -0.3 is 0 Å². The van der Waals surface area contributed by atoms with E-state index in [0.717, 1.165) is 13.1 Å². The van der Waals surface area contributed by atoms with Gasteiger partial charge >= 0.3 is 0 Å². The second-order valence-corrected chi connectivity index (χ2v) is 8.87. The van der Waals surface area contributed by atoms with E-state index in [2.05, 4.69) is 77.1 Å². The Bertz CT molecular complexity index is 515. The van der Waals surface area contributed by atoms with Crippen LogP contribution in [-0.4, -0.2) is 19.6 Å². The first-order chi connectivity index (χ1) is 11.7. The number of hydrogen-bond donors (Lipinski definition) is 0. The minimum atomic E-state index is 1.07. The van der Waals surface area contributed by atoms with Crippen molar-refractivity contribution in [1.82, 2.24) is 19.6 Å². The van der Waals surface area contributed by atoms with E-state index in [4.69, 9.17) is 0 Å².